The molecule has 0 radical (unpaired) electrons. The van der Waals surface area contributed by atoms with Crippen LogP contribution in [0.25, 0.3) is 0 Å². The van der Waals surface area contributed by atoms with E-state index >= 15 is 0 Å². The highest BCUT2D eigenvalue weighted by Gasteiger charge is 2.02. The predicted molar refractivity (Wildman–Crippen MR) is 61.3 cm³/mol. The van der Waals surface area contributed by atoms with Crippen LogP contribution in [0, 0.1) is 0 Å². The topological polar surface area (TPSA) is 18.5 Å². The molecular weight excluding hydrogens is 279 g/mol. The van der Waals surface area contributed by atoms with Gasteiger partial charge in [-0.25, -0.2) is 0 Å². The van der Waals surface area contributed by atoms with Gasteiger partial charge in [-0.1, -0.05) is 19.1 Å². The first-order chi connectivity index (χ1) is 6.26. The highest BCUT2D eigenvalue weighted by atomic mass is 127. The number of ether oxygens (including phenoxy) is 2. The number of benzene rings is 1. The third kappa shape index (κ3) is 3.52. The van der Waals surface area contributed by atoms with E-state index in [9.17, 15) is 0 Å². The van der Waals surface area contributed by atoms with Crippen molar-refractivity contribution in [1.82, 2.24) is 0 Å². The number of halogens is 1. The molecule has 72 valence electrons. The van der Waals surface area contributed by atoms with Gasteiger partial charge in [0, 0.05) is 7.11 Å². The fourth-order valence-corrected chi connectivity index (χ4v) is 1.29. The van der Waals surface area contributed by atoms with Crippen molar-refractivity contribution >= 4 is 22.6 Å². The minimum absolute atomic E-state index is 0.218. The summed E-state index contributed by atoms with van der Waals surface area (Å²) in [5.41, 5.74) is 1.28. The normalized spacial score (nSPS) is 12.5. The van der Waals surface area contributed by atoms with Crippen molar-refractivity contribution in [3.8, 4) is 5.75 Å². The molecule has 0 heterocycles. The molecule has 0 amide bonds. The van der Waals surface area contributed by atoms with Crippen molar-refractivity contribution < 1.29 is 9.47 Å². The Labute approximate surface area is 92.4 Å². The Balaban J connectivity index is 2.66. The molecule has 1 rings (SSSR count). The van der Waals surface area contributed by atoms with Crippen LogP contribution < -0.4 is 4.74 Å². The van der Waals surface area contributed by atoms with Crippen molar-refractivity contribution in [2.75, 3.05) is 7.11 Å². The smallest absolute Gasteiger partial charge is 0.251 e. The van der Waals surface area contributed by atoms with Crippen LogP contribution in [0.2, 0.25) is 0 Å². The number of rotatable bonds is 4. The molecular formula is C10H13IO2. The molecule has 1 unspecified atom stereocenters. The second-order valence-electron chi connectivity index (χ2n) is 2.63. The van der Waals surface area contributed by atoms with Gasteiger partial charge in [0.2, 0.25) is 0 Å². The third-order valence-corrected chi connectivity index (χ3v) is 2.48. The summed E-state index contributed by atoms with van der Waals surface area (Å²) in [4.78, 5) is 0. The minimum Gasteiger partial charge on any atom is -0.456 e. The quantitative estimate of drug-likeness (QED) is 0.482. The monoisotopic (exact) mass is 292 g/mol. The zero-order valence-electron chi connectivity index (χ0n) is 7.79. The number of alkyl halides is 1. The lowest BCUT2D eigenvalue weighted by Crippen LogP contribution is -2.09. The Morgan fingerprint density at radius 3 is 2.85 bits per heavy atom. The Bertz CT molecular complexity index is 263. The van der Waals surface area contributed by atoms with E-state index in [0.717, 1.165) is 12.2 Å². The minimum atomic E-state index is -0.218. The molecule has 0 fully saturated rings. The molecule has 1 atom stereocenters. The van der Waals surface area contributed by atoms with Gasteiger partial charge >= 0.3 is 0 Å². The van der Waals surface area contributed by atoms with Crippen molar-refractivity contribution in [1.29, 1.82) is 0 Å². The van der Waals surface area contributed by atoms with E-state index in [4.69, 9.17) is 9.47 Å². The zero-order chi connectivity index (χ0) is 9.68. The van der Waals surface area contributed by atoms with Crippen molar-refractivity contribution in [2.45, 2.75) is 17.6 Å². The van der Waals surface area contributed by atoms with Gasteiger partial charge in [-0.3, -0.25) is 0 Å². The van der Waals surface area contributed by atoms with Gasteiger partial charge in [0.1, 0.15) is 5.75 Å². The standard InChI is InChI=1S/C10H13IO2/c1-3-8-5-4-6-9(7-8)13-10(11)12-2/h4-7,10H,3H2,1-2H3. The van der Waals surface area contributed by atoms with Crippen LogP contribution in [0.1, 0.15) is 12.5 Å². The molecule has 0 N–H and O–H groups in total. The van der Waals surface area contributed by atoms with Gasteiger partial charge in [0.15, 0.2) is 0 Å². The largest absolute Gasteiger partial charge is 0.456 e. The fraction of sp³-hybridized carbons (Fsp3) is 0.400. The van der Waals surface area contributed by atoms with Gasteiger partial charge < -0.3 is 9.47 Å². The first-order valence-corrected chi connectivity index (χ1v) is 5.43. The van der Waals surface area contributed by atoms with E-state index in [-0.39, 0.29) is 4.30 Å². The number of aryl methyl sites for hydroxylation is 1. The van der Waals surface area contributed by atoms with Crippen LogP contribution in [0.5, 0.6) is 5.75 Å². The predicted octanol–water partition coefficient (Wildman–Crippen LogP) is 2.99. The summed E-state index contributed by atoms with van der Waals surface area (Å²) in [5, 5.41) is 0. The van der Waals surface area contributed by atoms with E-state index in [1.165, 1.54) is 5.56 Å². The lowest BCUT2D eigenvalue weighted by atomic mass is 10.2. The van der Waals surface area contributed by atoms with Crippen LogP contribution >= 0.6 is 22.6 Å². The van der Waals surface area contributed by atoms with Crippen LogP contribution in [-0.2, 0) is 11.2 Å². The Kier molecular flexibility index (Phi) is 4.52. The molecule has 2 nitrogen and oxygen atoms in total. The summed E-state index contributed by atoms with van der Waals surface area (Å²) in [5.74, 6) is 0.862. The van der Waals surface area contributed by atoms with Crippen LogP contribution in [-0.4, -0.2) is 11.4 Å². The summed E-state index contributed by atoms with van der Waals surface area (Å²) in [6, 6.07) is 8.05. The van der Waals surface area contributed by atoms with Crippen LogP contribution in [0.15, 0.2) is 24.3 Å². The third-order valence-electron chi connectivity index (χ3n) is 1.72. The van der Waals surface area contributed by atoms with E-state index in [1.54, 1.807) is 7.11 Å². The maximum absolute atomic E-state index is 5.47. The number of methoxy groups -OCH3 is 1. The van der Waals surface area contributed by atoms with Gasteiger partial charge in [0.05, 0.1) is 0 Å². The molecule has 0 spiro atoms. The molecule has 0 aliphatic carbocycles. The van der Waals surface area contributed by atoms with Crippen molar-refractivity contribution in [2.24, 2.45) is 0 Å². The van der Waals surface area contributed by atoms with Crippen molar-refractivity contribution in [3.63, 3.8) is 0 Å². The highest BCUT2D eigenvalue weighted by molar-refractivity contribution is 14.1. The van der Waals surface area contributed by atoms with E-state index < -0.39 is 0 Å². The van der Waals surface area contributed by atoms with E-state index in [0.29, 0.717) is 0 Å². The second-order valence-corrected chi connectivity index (χ2v) is 3.65. The summed E-state index contributed by atoms with van der Waals surface area (Å²) in [6.07, 6.45) is 1.02. The zero-order valence-corrected chi connectivity index (χ0v) is 9.95. The van der Waals surface area contributed by atoms with E-state index in [1.807, 2.05) is 18.2 Å². The molecule has 3 heteroatoms. The van der Waals surface area contributed by atoms with Gasteiger partial charge in [-0.15, -0.1) is 0 Å². The molecule has 13 heavy (non-hydrogen) atoms. The summed E-state index contributed by atoms with van der Waals surface area (Å²) < 4.78 is 10.2. The lowest BCUT2D eigenvalue weighted by Gasteiger charge is -2.11. The first kappa shape index (κ1) is 10.8. The second kappa shape index (κ2) is 5.44. The molecule has 1 aromatic carbocycles. The fourth-order valence-electron chi connectivity index (χ4n) is 0.994. The summed E-state index contributed by atoms with van der Waals surface area (Å²) in [6.45, 7) is 2.12. The molecule has 0 aliphatic heterocycles. The average molecular weight is 292 g/mol. The number of hydrogen-bond donors (Lipinski definition) is 0. The Morgan fingerprint density at radius 2 is 2.23 bits per heavy atom. The van der Waals surface area contributed by atoms with Crippen LogP contribution in [0.4, 0.5) is 0 Å². The lowest BCUT2D eigenvalue weighted by molar-refractivity contribution is 0.0326. The molecule has 1 aromatic rings. The van der Waals surface area contributed by atoms with Crippen LogP contribution in [0.3, 0.4) is 0 Å². The molecule has 0 saturated carbocycles. The molecule has 0 aromatic heterocycles. The summed E-state index contributed by atoms with van der Waals surface area (Å²) in [7, 11) is 1.63. The van der Waals surface area contributed by atoms with Crippen molar-refractivity contribution in [3.05, 3.63) is 29.8 Å². The molecule has 0 saturated heterocycles. The van der Waals surface area contributed by atoms with E-state index in [2.05, 4.69) is 35.6 Å². The van der Waals surface area contributed by atoms with Gasteiger partial charge in [-0.2, -0.15) is 0 Å². The Hall–Kier alpha value is -0.290. The molecule has 0 aliphatic rings. The maximum Gasteiger partial charge on any atom is 0.251 e. The average Bonchev–Trinajstić information content (AvgIpc) is 2.18. The maximum atomic E-state index is 5.47. The number of hydrogen-bond acceptors (Lipinski definition) is 2. The SMILES string of the molecule is CCc1cccc(OC(I)OC)c1. The van der Waals surface area contributed by atoms with Gasteiger partial charge in [-0.05, 0) is 46.7 Å². The first-order valence-electron chi connectivity index (χ1n) is 4.18. The van der Waals surface area contributed by atoms with Gasteiger partial charge in [0.25, 0.3) is 4.30 Å². The highest BCUT2D eigenvalue weighted by Crippen LogP contribution is 2.17. The molecule has 0 bridgehead atoms. The Morgan fingerprint density at radius 1 is 1.46 bits per heavy atom. The summed E-state index contributed by atoms with van der Waals surface area (Å²) >= 11 is 2.09.